The molecule has 0 bridgehead atoms. The molecule has 3 heterocycles. The summed E-state index contributed by atoms with van der Waals surface area (Å²) in [4.78, 5) is 0. The van der Waals surface area contributed by atoms with Crippen molar-refractivity contribution >= 4 is 130 Å². The summed E-state index contributed by atoms with van der Waals surface area (Å²) >= 11 is 0. The van der Waals surface area contributed by atoms with E-state index in [0.29, 0.717) is 0 Å². The Labute approximate surface area is 438 Å². The normalized spacial score (nSPS) is 11.9. The van der Waals surface area contributed by atoms with Crippen molar-refractivity contribution < 1.29 is 0 Å². The quantitative estimate of drug-likeness (QED) is 0.158. The van der Waals surface area contributed by atoms with Crippen molar-refractivity contribution in [1.29, 1.82) is 0 Å². The van der Waals surface area contributed by atoms with Crippen LogP contribution in [0.5, 0.6) is 0 Å². The van der Waals surface area contributed by atoms with E-state index in [1.807, 2.05) is 0 Å². The van der Waals surface area contributed by atoms with Crippen molar-refractivity contribution in [3.05, 3.63) is 217 Å². The fourth-order valence-electron chi connectivity index (χ4n) is 13.4. The van der Waals surface area contributed by atoms with Crippen molar-refractivity contribution in [3.63, 3.8) is 0 Å². The Morgan fingerprint density at radius 1 is 0.240 bits per heavy atom. The summed E-state index contributed by atoms with van der Waals surface area (Å²) in [5.74, 6) is 0. The molecular weight excluding hydrogens is 907 g/mol. The topological polar surface area (TPSA) is 14.8 Å². The van der Waals surface area contributed by atoms with Crippen LogP contribution in [0.4, 0.5) is 0 Å². The fraction of sp³-hybridized carbons (Fsp3) is 0.167. The number of nitrogens with zero attached hydrogens (tertiary/aromatic N) is 3. The molecule has 0 amide bonds. The van der Waals surface area contributed by atoms with Crippen LogP contribution in [-0.2, 0) is 38.9 Å². The zero-order valence-electron chi connectivity index (χ0n) is 44.1. The van der Waals surface area contributed by atoms with Gasteiger partial charge in [-0.2, -0.15) is 0 Å². The molecule has 0 aliphatic rings. The standard InChI is InChI=1S/3C24H21N/c1-3-18-19-11-7-6-10-17(19)15-21-23-20-12-8-5-9-16(20)13-14-22(23)25(4-2)24(18)21;1-3-18-19-11-7-6-10-17(19)15-22-21-14-13-16-9-5-8-12-20(16)24(21)25(4-2)23(18)22;1-3-19-20-12-8-7-11-18(20)14-22-21-13-16-9-5-6-10-17(16)15-23(21)25(4-2)24(19)22/h3*5-15H,3-4H2,1-2H3. The van der Waals surface area contributed by atoms with Crippen LogP contribution in [0, 0.1) is 0 Å². The Kier molecular flexibility index (Phi) is 11.6. The number of aromatic nitrogens is 3. The molecule has 3 aromatic heterocycles. The van der Waals surface area contributed by atoms with Gasteiger partial charge in [0.05, 0.1) is 22.1 Å². The van der Waals surface area contributed by atoms with Crippen molar-refractivity contribution in [2.75, 3.05) is 0 Å². The number of hydrogen-bond donors (Lipinski definition) is 0. The molecule has 0 unspecified atom stereocenters. The van der Waals surface area contributed by atoms with E-state index in [0.717, 1.165) is 38.9 Å². The smallest absolute Gasteiger partial charge is 0.0571 e. The Balaban J connectivity index is 0.000000108. The van der Waals surface area contributed by atoms with Gasteiger partial charge < -0.3 is 13.7 Å². The highest BCUT2D eigenvalue weighted by molar-refractivity contribution is 6.24. The molecule has 3 heteroatoms. The van der Waals surface area contributed by atoms with E-state index in [-0.39, 0.29) is 0 Å². The van der Waals surface area contributed by atoms with Crippen LogP contribution in [0.3, 0.4) is 0 Å². The Morgan fingerprint density at radius 2 is 0.613 bits per heavy atom. The molecule has 75 heavy (non-hydrogen) atoms. The Hall–Kier alpha value is -8.40. The van der Waals surface area contributed by atoms with Crippen LogP contribution < -0.4 is 0 Å². The van der Waals surface area contributed by atoms with Gasteiger partial charge in [-0.15, -0.1) is 0 Å². The van der Waals surface area contributed by atoms with Crippen LogP contribution >= 0.6 is 0 Å². The number of hydrogen-bond acceptors (Lipinski definition) is 0. The van der Waals surface area contributed by atoms with Crippen molar-refractivity contribution in [2.45, 2.75) is 80.4 Å². The van der Waals surface area contributed by atoms with Gasteiger partial charge >= 0.3 is 0 Å². The van der Waals surface area contributed by atoms with Crippen LogP contribution in [0.25, 0.3) is 130 Å². The third kappa shape index (κ3) is 7.23. The molecule has 3 nitrogen and oxygen atoms in total. The van der Waals surface area contributed by atoms with Crippen LogP contribution in [0.2, 0.25) is 0 Å². The van der Waals surface area contributed by atoms with Crippen molar-refractivity contribution in [1.82, 2.24) is 13.7 Å². The molecule has 0 saturated heterocycles. The molecule has 0 atom stereocenters. The summed E-state index contributed by atoms with van der Waals surface area (Å²) in [6.07, 6.45) is 3.14. The van der Waals surface area contributed by atoms with Gasteiger partial charge in [0.15, 0.2) is 0 Å². The average Bonchev–Trinajstić information content (AvgIpc) is 4.10. The summed E-state index contributed by atoms with van der Waals surface area (Å²) in [6.45, 7) is 16.6. The number of rotatable bonds is 6. The van der Waals surface area contributed by atoms with Crippen LogP contribution in [-0.4, -0.2) is 13.7 Å². The molecule has 15 aromatic rings. The average molecular weight is 970 g/mol. The summed E-state index contributed by atoms with van der Waals surface area (Å²) in [7, 11) is 0. The monoisotopic (exact) mass is 970 g/mol. The van der Waals surface area contributed by atoms with Gasteiger partial charge in [0.1, 0.15) is 0 Å². The molecule has 0 radical (unpaired) electrons. The van der Waals surface area contributed by atoms with Gasteiger partial charge in [0.25, 0.3) is 0 Å². The summed E-state index contributed by atoms with van der Waals surface area (Å²) in [5, 5.41) is 24.5. The SMILES string of the molecule is CCc1c2ccccc2cc2c3c4ccccc4ccc3n(CC)c12.CCc1c2ccccc2cc2c3cc4ccccc4cc3n(CC)c12.CCc1c2ccccc2cc2c3ccc4ccccc4c3n(CC)c12. The molecule has 15 rings (SSSR count). The predicted molar refractivity (Wildman–Crippen MR) is 329 cm³/mol. The Morgan fingerprint density at radius 3 is 1.15 bits per heavy atom. The second-order valence-electron chi connectivity index (χ2n) is 20.3. The van der Waals surface area contributed by atoms with E-state index in [9.17, 15) is 0 Å². The summed E-state index contributed by atoms with van der Waals surface area (Å²) < 4.78 is 7.53. The molecule has 0 aliphatic carbocycles. The first-order chi connectivity index (χ1) is 37.0. The maximum Gasteiger partial charge on any atom is 0.0571 e. The lowest BCUT2D eigenvalue weighted by molar-refractivity contribution is 0.823. The first-order valence-electron chi connectivity index (χ1n) is 27.5. The molecular formula is C72H63N3. The second-order valence-corrected chi connectivity index (χ2v) is 20.3. The second kappa shape index (κ2) is 18.8. The van der Waals surface area contributed by atoms with Crippen LogP contribution in [0.1, 0.15) is 58.2 Å². The van der Waals surface area contributed by atoms with Gasteiger partial charge in [-0.25, -0.2) is 0 Å². The lowest BCUT2D eigenvalue weighted by Gasteiger charge is -2.11. The van der Waals surface area contributed by atoms with Crippen molar-refractivity contribution in [2.24, 2.45) is 0 Å². The third-order valence-corrected chi connectivity index (χ3v) is 16.6. The Bertz CT molecular complexity index is 4660. The van der Waals surface area contributed by atoms with Gasteiger partial charge in [0.2, 0.25) is 0 Å². The third-order valence-electron chi connectivity index (χ3n) is 16.6. The van der Waals surface area contributed by atoms with E-state index in [1.165, 1.54) is 147 Å². The fourth-order valence-corrected chi connectivity index (χ4v) is 13.4. The first-order valence-corrected chi connectivity index (χ1v) is 27.5. The summed E-state index contributed by atoms with van der Waals surface area (Å²) in [6, 6.07) is 73.6. The lowest BCUT2D eigenvalue weighted by Crippen LogP contribution is -1.97. The minimum Gasteiger partial charge on any atom is -0.340 e. The molecule has 12 aromatic carbocycles. The molecule has 0 aliphatic heterocycles. The van der Waals surface area contributed by atoms with Gasteiger partial charge in [0, 0.05) is 68.4 Å². The molecule has 0 fully saturated rings. The zero-order valence-corrected chi connectivity index (χ0v) is 44.1. The highest BCUT2D eigenvalue weighted by Crippen LogP contribution is 2.42. The van der Waals surface area contributed by atoms with E-state index in [4.69, 9.17) is 0 Å². The maximum absolute atomic E-state index is 2.53. The minimum absolute atomic E-state index is 0.985. The largest absolute Gasteiger partial charge is 0.340 e. The molecule has 0 saturated carbocycles. The number of fused-ring (bicyclic) bond motifs is 17. The van der Waals surface area contributed by atoms with E-state index >= 15 is 0 Å². The molecule has 366 valence electrons. The van der Waals surface area contributed by atoms with E-state index in [2.05, 4.69) is 255 Å². The zero-order chi connectivity index (χ0) is 50.9. The van der Waals surface area contributed by atoms with Gasteiger partial charge in [-0.3, -0.25) is 0 Å². The minimum atomic E-state index is 0.985. The first kappa shape index (κ1) is 46.4. The van der Waals surface area contributed by atoms with Crippen molar-refractivity contribution in [3.8, 4) is 0 Å². The highest BCUT2D eigenvalue weighted by Gasteiger charge is 2.20. The predicted octanol–water partition coefficient (Wildman–Crippen LogP) is 20.0. The maximum atomic E-state index is 2.53. The van der Waals surface area contributed by atoms with Crippen LogP contribution in [0.15, 0.2) is 200 Å². The molecule has 0 N–H and O–H groups in total. The van der Waals surface area contributed by atoms with Gasteiger partial charge in [-0.05, 0) is 152 Å². The number of aryl methyl sites for hydroxylation is 6. The van der Waals surface area contributed by atoms with E-state index in [1.54, 1.807) is 0 Å². The number of benzene rings is 12. The highest BCUT2D eigenvalue weighted by atomic mass is 15.0. The molecule has 0 spiro atoms. The van der Waals surface area contributed by atoms with E-state index < -0.39 is 0 Å². The summed E-state index contributed by atoms with van der Waals surface area (Å²) in [5.41, 5.74) is 12.7. The van der Waals surface area contributed by atoms with Gasteiger partial charge in [-0.1, -0.05) is 185 Å². The lowest BCUT2D eigenvalue weighted by atomic mass is 9.97.